The number of piperidine rings is 1. The first-order valence-electron chi connectivity index (χ1n) is 5.88. The Balaban J connectivity index is 1.96. The molecule has 16 heavy (non-hydrogen) atoms. The Kier molecular flexibility index (Phi) is 3.72. The van der Waals surface area contributed by atoms with Crippen LogP contribution in [0.15, 0.2) is 12.4 Å². The van der Waals surface area contributed by atoms with Gasteiger partial charge in [0, 0.05) is 30.5 Å². The van der Waals surface area contributed by atoms with Crippen LogP contribution in [-0.4, -0.2) is 34.6 Å². The summed E-state index contributed by atoms with van der Waals surface area (Å²) in [5.74, 6) is 0. The molecule has 2 heterocycles. The van der Waals surface area contributed by atoms with Gasteiger partial charge in [-0.2, -0.15) is 0 Å². The van der Waals surface area contributed by atoms with Gasteiger partial charge in [-0.25, -0.2) is 9.97 Å². The summed E-state index contributed by atoms with van der Waals surface area (Å²) in [5, 5.41) is 0. The smallest absolute Gasteiger partial charge is 0.316 e. The normalized spacial score (nSPS) is 22.0. The lowest BCUT2D eigenvalue weighted by Crippen LogP contribution is -2.36. The van der Waals surface area contributed by atoms with E-state index in [1.807, 2.05) is 12.4 Å². The molecule has 0 spiro atoms. The molecular formula is C12H19N3O. The average Bonchev–Trinajstić information content (AvgIpc) is 2.33. The molecule has 88 valence electrons. The molecule has 1 aliphatic rings. The molecule has 4 heteroatoms. The maximum absolute atomic E-state index is 4.94. The molecule has 1 aliphatic heterocycles. The van der Waals surface area contributed by atoms with Crippen molar-refractivity contribution in [3.8, 4) is 6.01 Å². The first-order valence-corrected chi connectivity index (χ1v) is 5.88. The summed E-state index contributed by atoms with van der Waals surface area (Å²) in [7, 11) is 1.59. The van der Waals surface area contributed by atoms with Gasteiger partial charge in [-0.15, -0.1) is 0 Å². The monoisotopic (exact) mass is 221 g/mol. The Morgan fingerprint density at radius 1 is 1.38 bits per heavy atom. The third-order valence-electron chi connectivity index (χ3n) is 3.19. The van der Waals surface area contributed by atoms with E-state index < -0.39 is 0 Å². The molecular weight excluding hydrogens is 202 g/mol. The fourth-order valence-electron chi connectivity index (χ4n) is 2.16. The maximum atomic E-state index is 4.94. The second kappa shape index (κ2) is 5.25. The molecule has 0 amide bonds. The Hall–Kier alpha value is -1.16. The van der Waals surface area contributed by atoms with Crippen LogP contribution in [0.4, 0.5) is 0 Å². The molecule has 1 saturated heterocycles. The van der Waals surface area contributed by atoms with Gasteiger partial charge in [0.25, 0.3) is 0 Å². The largest absolute Gasteiger partial charge is 0.467 e. The first kappa shape index (κ1) is 11.3. The number of nitrogens with zero attached hydrogens (tertiary/aromatic N) is 3. The van der Waals surface area contributed by atoms with Crippen LogP contribution in [0.2, 0.25) is 0 Å². The standard InChI is InChI=1S/C12H19N3O/c1-10-5-3-4-6-15(10)9-11-7-13-12(16-2)14-8-11/h7-8,10H,3-6,9H2,1-2H3. The van der Waals surface area contributed by atoms with Gasteiger partial charge in [0.2, 0.25) is 0 Å². The number of hydrogen-bond acceptors (Lipinski definition) is 4. The molecule has 0 radical (unpaired) electrons. The number of likely N-dealkylation sites (tertiary alicyclic amines) is 1. The van der Waals surface area contributed by atoms with E-state index in [1.54, 1.807) is 7.11 Å². The van der Waals surface area contributed by atoms with E-state index in [4.69, 9.17) is 4.74 Å². The van der Waals surface area contributed by atoms with E-state index in [2.05, 4.69) is 21.8 Å². The van der Waals surface area contributed by atoms with Crippen molar-refractivity contribution in [3.63, 3.8) is 0 Å². The summed E-state index contributed by atoms with van der Waals surface area (Å²) >= 11 is 0. The zero-order valence-corrected chi connectivity index (χ0v) is 10.0. The van der Waals surface area contributed by atoms with Crippen LogP contribution in [0.1, 0.15) is 31.7 Å². The highest BCUT2D eigenvalue weighted by molar-refractivity contribution is 5.07. The molecule has 4 nitrogen and oxygen atoms in total. The molecule has 2 rings (SSSR count). The lowest BCUT2D eigenvalue weighted by Gasteiger charge is -2.33. The lowest BCUT2D eigenvalue weighted by atomic mass is 10.0. The maximum Gasteiger partial charge on any atom is 0.316 e. The fraction of sp³-hybridized carbons (Fsp3) is 0.667. The van der Waals surface area contributed by atoms with Crippen LogP contribution >= 0.6 is 0 Å². The summed E-state index contributed by atoms with van der Waals surface area (Å²) in [4.78, 5) is 10.8. The SMILES string of the molecule is COc1ncc(CN2CCCCC2C)cn1. The van der Waals surface area contributed by atoms with Crippen molar-refractivity contribution in [2.75, 3.05) is 13.7 Å². The highest BCUT2D eigenvalue weighted by Gasteiger charge is 2.18. The van der Waals surface area contributed by atoms with Crippen LogP contribution in [0, 0.1) is 0 Å². The Morgan fingerprint density at radius 2 is 2.12 bits per heavy atom. The summed E-state index contributed by atoms with van der Waals surface area (Å²) in [6, 6.07) is 1.12. The van der Waals surface area contributed by atoms with Crippen molar-refractivity contribution in [3.05, 3.63) is 18.0 Å². The number of ether oxygens (including phenoxy) is 1. The third kappa shape index (κ3) is 2.70. The Labute approximate surface area is 96.7 Å². The molecule has 0 aliphatic carbocycles. The molecule has 1 fully saturated rings. The van der Waals surface area contributed by atoms with E-state index >= 15 is 0 Å². The van der Waals surface area contributed by atoms with E-state index in [-0.39, 0.29) is 0 Å². The molecule has 0 bridgehead atoms. The molecule has 1 atom stereocenters. The number of rotatable bonds is 3. The minimum absolute atomic E-state index is 0.440. The van der Waals surface area contributed by atoms with E-state index in [9.17, 15) is 0 Å². The molecule has 0 saturated carbocycles. The topological polar surface area (TPSA) is 38.2 Å². The van der Waals surface area contributed by atoms with E-state index in [0.717, 1.165) is 12.1 Å². The van der Waals surface area contributed by atoms with Crippen LogP contribution in [0.3, 0.4) is 0 Å². The van der Waals surface area contributed by atoms with Gasteiger partial charge in [0.05, 0.1) is 7.11 Å². The van der Waals surface area contributed by atoms with Gasteiger partial charge < -0.3 is 4.74 Å². The zero-order valence-electron chi connectivity index (χ0n) is 10.0. The number of aromatic nitrogens is 2. The number of methoxy groups -OCH3 is 1. The Bertz CT molecular complexity index is 326. The van der Waals surface area contributed by atoms with Crippen LogP contribution in [0.25, 0.3) is 0 Å². The van der Waals surface area contributed by atoms with Gasteiger partial charge >= 0.3 is 6.01 Å². The first-order chi connectivity index (χ1) is 7.79. The van der Waals surface area contributed by atoms with Gasteiger partial charge in [0.15, 0.2) is 0 Å². The highest BCUT2D eigenvalue weighted by Crippen LogP contribution is 2.18. The summed E-state index contributed by atoms with van der Waals surface area (Å²) < 4.78 is 4.94. The van der Waals surface area contributed by atoms with E-state index in [0.29, 0.717) is 12.1 Å². The molecule has 1 aromatic rings. The van der Waals surface area contributed by atoms with Crippen LogP contribution < -0.4 is 4.74 Å². The van der Waals surface area contributed by atoms with Crippen molar-refractivity contribution in [2.45, 2.75) is 38.8 Å². The van der Waals surface area contributed by atoms with Crippen molar-refractivity contribution in [1.82, 2.24) is 14.9 Å². The van der Waals surface area contributed by atoms with E-state index in [1.165, 1.54) is 25.8 Å². The van der Waals surface area contributed by atoms with Crippen molar-refractivity contribution in [1.29, 1.82) is 0 Å². The van der Waals surface area contributed by atoms with Gasteiger partial charge in [-0.1, -0.05) is 6.42 Å². The molecule has 1 unspecified atom stereocenters. The van der Waals surface area contributed by atoms with Gasteiger partial charge in [-0.05, 0) is 26.3 Å². The zero-order chi connectivity index (χ0) is 11.4. The van der Waals surface area contributed by atoms with Crippen molar-refractivity contribution < 1.29 is 4.74 Å². The van der Waals surface area contributed by atoms with Gasteiger partial charge in [-0.3, -0.25) is 4.90 Å². The predicted octanol–water partition coefficient (Wildman–Crippen LogP) is 1.86. The fourth-order valence-corrected chi connectivity index (χ4v) is 2.16. The molecule has 0 N–H and O–H groups in total. The second-order valence-electron chi connectivity index (χ2n) is 4.39. The summed E-state index contributed by atoms with van der Waals surface area (Å²) in [6.45, 7) is 4.43. The third-order valence-corrected chi connectivity index (χ3v) is 3.19. The predicted molar refractivity (Wildman–Crippen MR) is 62.3 cm³/mol. The van der Waals surface area contributed by atoms with Crippen LogP contribution in [0.5, 0.6) is 6.01 Å². The lowest BCUT2D eigenvalue weighted by molar-refractivity contribution is 0.152. The Morgan fingerprint density at radius 3 is 2.75 bits per heavy atom. The quantitative estimate of drug-likeness (QED) is 0.781. The second-order valence-corrected chi connectivity index (χ2v) is 4.39. The van der Waals surface area contributed by atoms with Gasteiger partial charge in [0.1, 0.15) is 0 Å². The van der Waals surface area contributed by atoms with Crippen molar-refractivity contribution >= 4 is 0 Å². The van der Waals surface area contributed by atoms with Crippen molar-refractivity contribution in [2.24, 2.45) is 0 Å². The summed E-state index contributed by atoms with van der Waals surface area (Å²) in [6.07, 6.45) is 7.68. The average molecular weight is 221 g/mol. The molecule has 1 aromatic heterocycles. The minimum Gasteiger partial charge on any atom is -0.467 e. The minimum atomic E-state index is 0.440. The molecule has 0 aromatic carbocycles. The highest BCUT2D eigenvalue weighted by atomic mass is 16.5. The number of hydrogen-bond donors (Lipinski definition) is 0. The van der Waals surface area contributed by atoms with Crippen LogP contribution in [-0.2, 0) is 6.54 Å². The summed E-state index contributed by atoms with van der Waals surface area (Å²) in [5.41, 5.74) is 1.16.